The van der Waals surface area contributed by atoms with Crippen molar-refractivity contribution < 1.29 is 17.9 Å². The molecule has 1 heterocycles. The Morgan fingerprint density at radius 1 is 1.10 bits per heavy atom. The van der Waals surface area contributed by atoms with Gasteiger partial charge in [0.25, 0.3) is 0 Å². The predicted octanol–water partition coefficient (Wildman–Crippen LogP) is 3.77. The Labute approximate surface area is 182 Å². The van der Waals surface area contributed by atoms with E-state index >= 15 is 0 Å². The van der Waals surface area contributed by atoms with Crippen LogP contribution in [0, 0.1) is 0 Å². The van der Waals surface area contributed by atoms with Crippen LogP contribution in [0.25, 0.3) is 11.1 Å². The Morgan fingerprint density at radius 2 is 1.81 bits per heavy atom. The second-order valence-electron chi connectivity index (χ2n) is 7.21. The van der Waals surface area contributed by atoms with Crippen LogP contribution < -0.4 is 5.14 Å². The second kappa shape index (κ2) is 9.89. The van der Waals surface area contributed by atoms with Gasteiger partial charge in [0.15, 0.2) is 0 Å². The highest BCUT2D eigenvalue weighted by Crippen LogP contribution is 2.27. The first kappa shape index (κ1) is 22.7. The van der Waals surface area contributed by atoms with Crippen molar-refractivity contribution in [2.75, 3.05) is 6.61 Å². The molecule has 3 rings (SSSR count). The van der Waals surface area contributed by atoms with E-state index in [1.54, 1.807) is 31.3 Å². The number of carbonyl (C=O) groups is 1. The van der Waals surface area contributed by atoms with Crippen LogP contribution in [-0.2, 0) is 27.7 Å². The number of imidazole rings is 1. The maximum absolute atomic E-state index is 12.4. The van der Waals surface area contributed by atoms with Crippen LogP contribution in [0.3, 0.4) is 0 Å². The smallest absolute Gasteiger partial charge is 0.356 e. The van der Waals surface area contributed by atoms with Gasteiger partial charge in [-0.1, -0.05) is 55.8 Å². The largest absolute Gasteiger partial charge is 0.461 e. The minimum absolute atomic E-state index is 0.0869. The molecule has 0 fully saturated rings. The number of nitrogens with two attached hydrogens (primary N) is 1. The summed E-state index contributed by atoms with van der Waals surface area (Å²) in [5.74, 6) is 0.449. The highest BCUT2D eigenvalue weighted by molar-refractivity contribution is 7.89. The van der Waals surface area contributed by atoms with Gasteiger partial charge in [-0.3, -0.25) is 0 Å². The Hall–Kier alpha value is -2.97. The first-order valence-electron chi connectivity index (χ1n) is 10.3. The summed E-state index contributed by atoms with van der Waals surface area (Å²) in [6.07, 6.45) is 4.34. The normalized spacial score (nSPS) is 11.5. The molecule has 0 bridgehead atoms. The number of aryl methyl sites for hydroxylation is 1. The molecule has 2 N–H and O–H groups in total. The summed E-state index contributed by atoms with van der Waals surface area (Å²) < 4.78 is 30.9. The Balaban J connectivity index is 1.92. The van der Waals surface area contributed by atoms with E-state index in [0.717, 1.165) is 36.2 Å². The lowest BCUT2D eigenvalue weighted by Gasteiger charge is -2.13. The fraction of sp³-hybridized carbons (Fsp3) is 0.304. The summed E-state index contributed by atoms with van der Waals surface area (Å²) >= 11 is 0. The van der Waals surface area contributed by atoms with Crippen molar-refractivity contribution >= 4 is 16.0 Å². The number of hydrogen-bond donors (Lipinski definition) is 1. The van der Waals surface area contributed by atoms with E-state index in [4.69, 9.17) is 9.88 Å². The number of rotatable bonds is 9. The number of benzene rings is 2. The molecule has 0 atom stereocenters. The van der Waals surface area contributed by atoms with Gasteiger partial charge in [-0.05, 0) is 30.5 Å². The number of aromatic nitrogens is 2. The van der Waals surface area contributed by atoms with Crippen molar-refractivity contribution in [2.45, 2.75) is 44.6 Å². The van der Waals surface area contributed by atoms with E-state index < -0.39 is 16.0 Å². The van der Waals surface area contributed by atoms with E-state index in [9.17, 15) is 13.2 Å². The van der Waals surface area contributed by atoms with Gasteiger partial charge in [0.05, 0.1) is 17.7 Å². The summed E-state index contributed by atoms with van der Waals surface area (Å²) in [6, 6.07) is 14.2. The zero-order chi connectivity index (χ0) is 22.4. The Morgan fingerprint density at radius 3 is 2.45 bits per heavy atom. The van der Waals surface area contributed by atoms with E-state index in [1.165, 1.54) is 6.07 Å². The number of sulfonamides is 1. The Kier molecular flexibility index (Phi) is 7.25. The number of carbonyl (C=O) groups excluding carboxylic acids is 1. The van der Waals surface area contributed by atoms with Gasteiger partial charge in [-0.2, -0.15) is 0 Å². The molecule has 1 aromatic heterocycles. The molecule has 7 nitrogen and oxygen atoms in total. The summed E-state index contributed by atoms with van der Waals surface area (Å²) in [5.41, 5.74) is 2.68. The number of hydrogen-bond acceptors (Lipinski definition) is 5. The zero-order valence-corrected chi connectivity index (χ0v) is 18.6. The van der Waals surface area contributed by atoms with Gasteiger partial charge in [0, 0.05) is 18.5 Å². The lowest BCUT2D eigenvalue weighted by Crippen LogP contribution is -2.15. The topological polar surface area (TPSA) is 104 Å². The van der Waals surface area contributed by atoms with Crippen LogP contribution in [0.4, 0.5) is 0 Å². The molecule has 0 aliphatic heterocycles. The molecule has 3 aromatic rings. The fourth-order valence-corrected chi connectivity index (χ4v) is 4.18. The SMILES string of the molecule is CCCCc1ncc(C(=O)OCC)n1Cc1ccc(-c2ccccc2S(N)(=O)=O)cc1. The maximum Gasteiger partial charge on any atom is 0.356 e. The van der Waals surface area contributed by atoms with Gasteiger partial charge in [-0.25, -0.2) is 23.3 Å². The molecular formula is C23H27N3O4S. The molecule has 0 unspecified atom stereocenters. The summed E-state index contributed by atoms with van der Waals surface area (Å²) in [7, 11) is -3.83. The molecule has 0 saturated carbocycles. The van der Waals surface area contributed by atoms with Gasteiger partial charge < -0.3 is 9.30 Å². The molecule has 0 amide bonds. The fourth-order valence-electron chi connectivity index (χ4n) is 3.42. The molecule has 31 heavy (non-hydrogen) atoms. The van der Waals surface area contributed by atoms with Gasteiger partial charge in [0.1, 0.15) is 11.5 Å². The lowest BCUT2D eigenvalue weighted by atomic mass is 10.0. The molecule has 2 aromatic carbocycles. The summed E-state index contributed by atoms with van der Waals surface area (Å²) in [4.78, 5) is 16.9. The van der Waals surface area contributed by atoms with Gasteiger partial charge in [-0.15, -0.1) is 0 Å². The molecule has 0 aliphatic carbocycles. The minimum Gasteiger partial charge on any atom is -0.461 e. The third kappa shape index (κ3) is 5.39. The van der Waals surface area contributed by atoms with Crippen LogP contribution in [0.2, 0.25) is 0 Å². The van der Waals surface area contributed by atoms with Gasteiger partial charge in [0.2, 0.25) is 10.0 Å². The number of primary sulfonamides is 1. The average Bonchev–Trinajstić information content (AvgIpc) is 3.15. The first-order chi connectivity index (χ1) is 14.8. The summed E-state index contributed by atoms with van der Waals surface area (Å²) in [6.45, 7) is 4.64. The van der Waals surface area contributed by atoms with Crippen molar-refractivity contribution in [1.82, 2.24) is 9.55 Å². The molecule has 0 radical (unpaired) electrons. The van der Waals surface area contributed by atoms with Crippen molar-refractivity contribution in [2.24, 2.45) is 5.14 Å². The number of unbranched alkanes of at least 4 members (excludes halogenated alkanes) is 1. The van der Waals surface area contributed by atoms with Crippen molar-refractivity contribution in [3.63, 3.8) is 0 Å². The first-order valence-corrected chi connectivity index (χ1v) is 11.8. The lowest BCUT2D eigenvalue weighted by molar-refractivity contribution is 0.0514. The number of esters is 1. The predicted molar refractivity (Wildman–Crippen MR) is 119 cm³/mol. The molecule has 164 valence electrons. The van der Waals surface area contributed by atoms with E-state index in [2.05, 4.69) is 11.9 Å². The van der Waals surface area contributed by atoms with Crippen LogP contribution in [-0.4, -0.2) is 30.5 Å². The number of nitrogens with zero attached hydrogens (tertiary/aromatic N) is 2. The van der Waals surface area contributed by atoms with Crippen molar-refractivity contribution in [3.8, 4) is 11.1 Å². The van der Waals surface area contributed by atoms with Crippen LogP contribution in [0.5, 0.6) is 0 Å². The molecule has 0 spiro atoms. The highest BCUT2D eigenvalue weighted by atomic mass is 32.2. The van der Waals surface area contributed by atoms with E-state index in [0.29, 0.717) is 24.4 Å². The van der Waals surface area contributed by atoms with E-state index in [-0.39, 0.29) is 4.90 Å². The average molecular weight is 442 g/mol. The molecule has 8 heteroatoms. The van der Waals surface area contributed by atoms with Crippen LogP contribution in [0.15, 0.2) is 59.6 Å². The summed E-state index contributed by atoms with van der Waals surface area (Å²) in [5, 5.41) is 5.36. The Bertz CT molecular complexity index is 1150. The van der Waals surface area contributed by atoms with Crippen LogP contribution in [0.1, 0.15) is 48.6 Å². The zero-order valence-electron chi connectivity index (χ0n) is 17.7. The third-order valence-electron chi connectivity index (χ3n) is 4.98. The molecular weight excluding hydrogens is 414 g/mol. The highest BCUT2D eigenvalue weighted by Gasteiger charge is 2.18. The van der Waals surface area contributed by atoms with Crippen molar-refractivity contribution in [1.29, 1.82) is 0 Å². The molecule has 0 aliphatic rings. The van der Waals surface area contributed by atoms with Gasteiger partial charge >= 0.3 is 5.97 Å². The van der Waals surface area contributed by atoms with Crippen LogP contribution >= 0.6 is 0 Å². The van der Waals surface area contributed by atoms with Crippen molar-refractivity contribution in [3.05, 3.63) is 71.8 Å². The monoisotopic (exact) mass is 441 g/mol. The maximum atomic E-state index is 12.4. The number of ether oxygens (including phenoxy) is 1. The standard InChI is InChI=1S/C23H27N3O4S/c1-3-5-10-22-25-15-20(23(27)30-4-2)26(22)16-17-11-13-18(14-12-17)19-8-6-7-9-21(19)31(24,28)29/h6-9,11-15H,3-5,10,16H2,1-2H3,(H2,24,28,29). The molecule has 0 saturated heterocycles. The second-order valence-corrected chi connectivity index (χ2v) is 8.74. The quantitative estimate of drug-likeness (QED) is 0.509. The minimum atomic E-state index is -3.83. The van der Waals surface area contributed by atoms with E-state index in [1.807, 2.05) is 28.8 Å². The third-order valence-corrected chi connectivity index (χ3v) is 5.94.